The van der Waals surface area contributed by atoms with Crippen molar-refractivity contribution in [2.24, 2.45) is 0 Å². The molecule has 0 unspecified atom stereocenters. The fourth-order valence-electron chi connectivity index (χ4n) is 3.03. The number of thioether (sulfide) groups is 1. The van der Waals surface area contributed by atoms with Gasteiger partial charge in [0.1, 0.15) is 6.54 Å². The van der Waals surface area contributed by atoms with Gasteiger partial charge in [-0.05, 0) is 71.5 Å². The number of carbonyl (C=O) groups excluding carboxylic acids is 3. The van der Waals surface area contributed by atoms with Crippen LogP contribution in [0.3, 0.4) is 0 Å². The monoisotopic (exact) mass is 422 g/mol. The number of imide groups is 1. The second kappa shape index (κ2) is 8.48. The van der Waals surface area contributed by atoms with Crippen LogP contribution in [0.5, 0.6) is 0 Å². The summed E-state index contributed by atoms with van der Waals surface area (Å²) in [6, 6.07) is 13.5. The van der Waals surface area contributed by atoms with Crippen LogP contribution in [-0.2, 0) is 15.0 Å². The summed E-state index contributed by atoms with van der Waals surface area (Å²) < 4.78 is 0. The molecule has 3 amide bonds. The molecule has 2 aromatic carbocycles. The molecule has 0 aromatic heterocycles. The Balaban J connectivity index is 1.68. The van der Waals surface area contributed by atoms with Gasteiger partial charge in [-0.3, -0.25) is 19.3 Å². The Kier molecular flexibility index (Phi) is 6.17. The van der Waals surface area contributed by atoms with E-state index in [0.29, 0.717) is 10.6 Å². The highest BCUT2D eigenvalue weighted by atomic mass is 32.2. The van der Waals surface area contributed by atoms with Crippen molar-refractivity contribution in [2.75, 3.05) is 11.9 Å². The van der Waals surface area contributed by atoms with Gasteiger partial charge < -0.3 is 5.32 Å². The summed E-state index contributed by atoms with van der Waals surface area (Å²) in [5.41, 5.74) is 4.90. The number of nitrogens with one attached hydrogen (secondary N) is 1. The highest BCUT2D eigenvalue weighted by Crippen LogP contribution is 2.32. The van der Waals surface area contributed by atoms with Crippen molar-refractivity contribution < 1.29 is 14.4 Å². The Bertz CT molecular complexity index is 1030. The van der Waals surface area contributed by atoms with Crippen molar-refractivity contribution in [3.63, 3.8) is 0 Å². The highest BCUT2D eigenvalue weighted by Gasteiger charge is 2.36. The van der Waals surface area contributed by atoms with Gasteiger partial charge in [0.05, 0.1) is 4.91 Å². The molecule has 1 N–H and O–H groups in total. The molecule has 3 rings (SSSR count). The number of nitrogens with zero attached hydrogens (tertiary/aromatic N) is 1. The van der Waals surface area contributed by atoms with Gasteiger partial charge in [0.15, 0.2) is 0 Å². The molecule has 0 aliphatic carbocycles. The molecule has 1 aliphatic rings. The van der Waals surface area contributed by atoms with E-state index in [2.05, 4.69) is 26.1 Å². The summed E-state index contributed by atoms with van der Waals surface area (Å²) in [7, 11) is 0. The average Bonchev–Trinajstić information content (AvgIpc) is 2.92. The summed E-state index contributed by atoms with van der Waals surface area (Å²) in [5, 5.41) is 2.31. The molecule has 6 heteroatoms. The number of hydrogen-bond acceptors (Lipinski definition) is 4. The van der Waals surface area contributed by atoms with Crippen LogP contribution in [0.15, 0.2) is 47.4 Å². The Hall–Kier alpha value is -2.86. The second-order valence-electron chi connectivity index (χ2n) is 8.49. The zero-order valence-corrected chi connectivity index (χ0v) is 18.7. The van der Waals surface area contributed by atoms with Gasteiger partial charge in [-0.25, -0.2) is 0 Å². The number of carbonyl (C=O) groups is 3. The molecule has 5 nitrogen and oxygen atoms in total. The number of rotatable bonds is 4. The number of hydrogen-bond donors (Lipinski definition) is 1. The third kappa shape index (κ3) is 5.00. The number of benzene rings is 2. The van der Waals surface area contributed by atoms with Crippen molar-refractivity contribution in [1.29, 1.82) is 0 Å². The van der Waals surface area contributed by atoms with Crippen LogP contribution < -0.4 is 5.32 Å². The van der Waals surface area contributed by atoms with E-state index < -0.39 is 17.1 Å². The quantitative estimate of drug-likeness (QED) is 0.681. The normalized spacial score (nSPS) is 15.8. The summed E-state index contributed by atoms with van der Waals surface area (Å²) in [5.74, 6) is -0.850. The fraction of sp³-hybridized carbons (Fsp3) is 0.292. The van der Waals surface area contributed by atoms with Gasteiger partial charge in [-0.1, -0.05) is 51.1 Å². The molecular formula is C24H26N2O3S. The zero-order valence-electron chi connectivity index (χ0n) is 17.9. The van der Waals surface area contributed by atoms with E-state index >= 15 is 0 Å². The lowest BCUT2D eigenvalue weighted by molar-refractivity contribution is -0.127. The summed E-state index contributed by atoms with van der Waals surface area (Å²) >= 11 is 0.858. The van der Waals surface area contributed by atoms with Crippen molar-refractivity contribution in [3.05, 3.63) is 69.6 Å². The van der Waals surface area contributed by atoms with Crippen LogP contribution in [0.2, 0.25) is 0 Å². The van der Waals surface area contributed by atoms with Gasteiger partial charge in [0, 0.05) is 5.69 Å². The molecule has 0 bridgehead atoms. The van der Waals surface area contributed by atoms with E-state index in [-0.39, 0.29) is 12.0 Å². The minimum absolute atomic E-state index is 0.0414. The van der Waals surface area contributed by atoms with Gasteiger partial charge in [0.25, 0.3) is 11.1 Å². The number of amides is 3. The van der Waals surface area contributed by atoms with Crippen molar-refractivity contribution in [3.8, 4) is 0 Å². The van der Waals surface area contributed by atoms with E-state index in [1.54, 1.807) is 12.1 Å². The molecule has 0 radical (unpaired) electrons. The third-order valence-corrected chi connectivity index (χ3v) is 5.95. The van der Waals surface area contributed by atoms with Gasteiger partial charge in [-0.15, -0.1) is 0 Å². The van der Waals surface area contributed by atoms with Crippen molar-refractivity contribution >= 4 is 40.6 Å². The van der Waals surface area contributed by atoms with E-state index in [1.807, 2.05) is 50.2 Å². The third-order valence-electron chi connectivity index (χ3n) is 5.04. The molecule has 2 aromatic rings. The average molecular weight is 423 g/mol. The first-order chi connectivity index (χ1) is 14.0. The lowest BCUT2D eigenvalue weighted by Gasteiger charge is -2.18. The maximum absolute atomic E-state index is 12.7. The standard InChI is InChI=1S/C24H26N2O3S/c1-15-6-11-19(12-16(15)2)25-21(27)14-26-22(28)20(30-23(26)29)13-17-7-9-18(10-8-17)24(3,4)5/h6-13H,14H2,1-5H3,(H,25,27)/b20-13+. The zero-order chi connectivity index (χ0) is 22.1. The van der Waals surface area contributed by atoms with Crippen molar-refractivity contribution in [1.82, 2.24) is 4.90 Å². The predicted molar refractivity (Wildman–Crippen MR) is 122 cm³/mol. The topological polar surface area (TPSA) is 66.5 Å². The lowest BCUT2D eigenvalue weighted by atomic mass is 9.87. The van der Waals surface area contributed by atoms with Crippen LogP contribution >= 0.6 is 11.8 Å². The lowest BCUT2D eigenvalue weighted by Crippen LogP contribution is -2.36. The van der Waals surface area contributed by atoms with Crippen LogP contribution in [-0.4, -0.2) is 28.5 Å². The molecular weight excluding hydrogens is 396 g/mol. The van der Waals surface area contributed by atoms with Crippen LogP contribution in [0, 0.1) is 13.8 Å². The summed E-state index contributed by atoms with van der Waals surface area (Å²) in [4.78, 5) is 38.6. The Morgan fingerprint density at radius 3 is 2.30 bits per heavy atom. The second-order valence-corrected chi connectivity index (χ2v) is 9.48. The molecule has 0 saturated carbocycles. The first-order valence-corrected chi connectivity index (χ1v) is 10.6. The molecule has 0 atom stereocenters. The van der Waals surface area contributed by atoms with Gasteiger partial charge >= 0.3 is 0 Å². The molecule has 1 heterocycles. The van der Waals surface area contributed by atoms with Crippen LogP contribution in [0.4, 0.5) is 10.5 Å². The summed E-state index contributed by atoms with van der Waals surface area (Å²) in [6.45, 7) is 10.0. The van der Waals surface area contributed by atoms with Gasteiger partial charge in [-0.2, -0.15) is 0 Å². The first kappa shape index (κ1) is 21.8. The number of anilines is 1. The van der Waals surface area contributed by atoms with E-state index in [9.17, 15) is 14.4 Å². The molecule has 156 valence electrons. The smallest absolute Gasteiger partial charge is 0.294 e. The maximum atomic E-state index is 12.7. The van der Waals surface area contributed by atoms with Crippen molar-refractivity contribution in [2.45, 2.75) is 40.0 Å². The predicted octanol–water partition coefficient (Wildman–Crippen LogP) is 5.28. The largest absolute Gasteiger partial charge is 0.325 e. The molecule has 30 heavy (non-hydrogen) atoms. The molecule has 1 saturated heterocycles. The fourth-order valence-corrected chi connectivity index (χ4v) is 3.87. The van der Waals surface area contributed by atoms with Crippen LogP contribution in [0.25, 0.3) is 6.08 Å². The molecule has 0 spiro atoms. The van der Waals surface area contributed by atoms with E-state index in [0.717, 1.165) is 33.4 Å². The highest BCUT2D eigenvalue weighted by molar-refractivity contribution is 8.18. The van der Waals surface area contributed by atoms with Crippen LogP contribution in [0.1, 0.15) is 43.0 Å². The first-order valence-electron chi connectivity index (χ1n) is 9.77. The molecule has 1 aliphatic heterocycles. The minimum atomic E-state index is -0.444. The van der Waals surface area contributed by atoms with Gasteiger partial charge in [0.2, 0.25) is 5.91 Å². The van der Waals surface area contributed by atoms with E-state index in [1.165, 1.54) is 5.56 Å². The Labute approximate surface area is 181 Å². The maximum Gasteiger partial charge on any atom is 0.294 e. The Morgan fingerprint density at radius 1 is 1.03 bits per heavy atom. The SMILES string of the molecule is Cc1ccc(NC(=O)CN2C(=O)S/C(=C/c3ccc(C(C)(C)C)cc3)C2=O)cc1C. The van der Waals surface area contributed by atoms with E-state index in [4.69, 9.17) is 0 Å². The minimum Gasteiger partial charge on any atom is -0.325 e. The molecule has 1 fully saturated rings. The summed E-state index contributed by atoms with van der Waals surface area (Å²) in [6.07, 6.45) is 1.69. The Morgan fingerprint density at radius 2 is 1.70 bits per heavy atom. The number of aryl methyl sites for hydroxylation is 2.